The van der Waals surface area contributed by atoms with E-state index in [4.69, 9.17) is 27.9 Å². The van der Waals surface area contributed by atoms with Crippen LogP contribution in [0.1, 0.15) is 32.8 Å². The molecular weight excluding hydrogens is 401 g/mol. The van der Waals surface area contributed by atoms with Gasteiger partial charge in [-0.15, -0.1) is 11.3 Å². The monoisotopic (exact) mass is 417 g/mol. The van der Waals surface area contributed by atoms with Gasteiger partial charge in [-0.3, -0.25) is 4.79 Å². The lowest BCUT2D eigenvalue weighted by Gasteiger charge is -2.07. The summed E-state index contributed by atoms with van der Waals surface area (Å²) in [5, 5.41) is 5.47. The first kappa shape index (κ1) is 18.4. The van der Waals surface area contributed by atoms with Crippen LogP contribution in [-0.4, -0.2) is 5.91 Å². The maximum Gasteiger partial charge on any atom is 0.265 e. The van der Waals surface area contributed by atoms with Crippen LogP contribution in [0.15, 0.2) is 47.8 Å². The number of thiophene rings is 1. The molecule has 6 heteroatoms. The van der Waals surface area contributed by atoms with Gasteiger partial charge in [0.1, 0.15) is 12.4 Å². The Bertz CT molecular complexity index is 1000. The number of aryl methyl sites for hydroxylation is 2. The van der Waals surface area contributed by atoms with Crippen molar-refractivity contribution in [3.05, 3.63) is 79.5 Å². The van der Waals surface area contributed by atoms with Crippen molar-refractivity contribution >= 4 is 46.1 Å². The molecule has 1 aliphatic rings. The fraction of sp³-hybridized carbons (Fsp3) is 0.190. The van der Waals surface area contributed by atoms with Crippen molar-refractivity contribution in [2.75, 3.05) is 5.32 Å². The molecule has 0 saturated heterocycles. The van der Waals surface area contributed by atoms with Crippen LogP contribution in [0.5, 0.6) is 5.75 Å². The Labute approximate surface area is 171 Å². The summed E-state index contributed by atoms with van der Waals surface area (Å²) < 4.78 is 5.90. The maximum absolute atomic E-state index is 12.4. The molecule has 1 aromatic heterocycles. The molecule has 2 aromatic carbocycles. The van der Waals surface area contributed by atoms with Crippen LogP contribution in [0.25, 0.3) is 0 Å². The van der Waals surface area contributed by atoms with Gasteiger partial charge < -0.3 is 10.1 Å². The molecule has 0 radical (unpaired) electrons. The molecule has 0 bridgehead atoms. The third kappa shape index (κ3) is 4.13. The summed E-state index contributed by atoms with van der Waals surface area (Å²) in [5.41, 5.74) is 4.27. The number of hydrogen-bond donors (Lipinski definition) is 1. The van der Waals surface area contributed by atoms with Gasteiger partial charge >= 0.3 is 0 Å². The van der Waals surface area contributed by atoms with Crippen LogP contribution in [0, 0.1) is 0 Å². The van der Waals surface area contributed by atoms with E-state index >= 15 is 0 Å². The molecule has 138 valence electrons. The van der Waals surface area contributed by atoms with E-state index in [0.29, 0.717) is 27.2 Å². The Morgan fingerprint density at radius 1 is 1.11 bits per heavy atom. The molecule has 1 amide bonds. The predicted molar refractivity (Wildman–Crippen MR) is 112 cm³/mol. The second kappa shape index (κ2) is 7.93. The Morgan fingerprint density at radius 2 is 1.96 bits per heavy atom. The van der Waals surface area contributed by atoms with Crippen LogP contribution < -0.4 is 10.1 Å². The number of rotatable bonds is 5. The minimum Gasteiger partial charge on any atom is -0.489 e. The number of ether oxygens (including phenoxy) is 1. The van der Waals surface area contributed by atoms with Gasteiger partial charge in [-0.05, 0) is 66.1 Å². The number of nitrogens with one attached hydrogen (secondary N) is 1. The van der Waals surface area contributed by atoms with Crippen molar-refractivity contribution in [3.63, 3.8) is 0 Å². The Hall–Kier alpha value is -2.01. The van der Waals surface area contributed by atoms with Crippen molar-refractivity contribution in [2.45, 2.75) is 25.9 Å². The zero-order valence-corrected chi connectivity index (χ0v) is 16.8. The molecule has 0 saturated carbocycles. The Balaban J connectivity index is 1.39. The van der Waals surface area contributed by atoms with E-state index in [-0.39, 0.29) is 5.91 Å². The summed E-state index contributed by atoms with van der Waals surface area (Å²) in [6, 6.07) is 13.3. The summed E-state index contributed by atoms with van der Waals surface area (Å²) >= 11 is 13.5. The van der Waals surface area contributed by atoms with Crippen LogP contribution in [0.3, 0.4) is 0 Å². The van der Waals surface area contributed by atoms with Gasteiger partial charge in [-0.1, -0.05) is 35.3 Å². The quantitative estimate of drug-likeness (QED) is 0.523. The third-order valence-electron chi connectivity index (χ3n) is 4.55. The van der Waals surface area contributed by atoms with Gasteiger partial charge in [-0.2, -0.15) is 0 Å². The lowest BCUT2D eigenvalue weighted by molar-refractivity contribution is 0.103. The number of hydrogen-bond acceptors (Lipinski definition) is 3. The van der Waals surface area contributed by atoms with E-state index in [1.807, 2.05) is 17.5 Å². The van der Waals surface area contributed by atoms with Gasteiger partial charge in [0, 0.05) is 5.56 Å². The average Bonchev–Trinajstić information content (AvgIpc) is 3.32. The van der Waals surface area contributed by atoms with Gasteiger partial charge in [0.15, 0.2) is 0 Å². The fourth-order valence-corrected chi connectivity index (χ4v) is 4.30. The molecule has 27 heavy (non-hydrogen) atoms. The highest BCUT2D eigenvalue weighted by atomic mass is 35.5. The topological polar surface area (TPSA) is 38.3 Å². The van der Waals surface area contributed by atoms with Crippen LogP contribution in [0.4, 0.5) is 5.69 Å². The van der Waals surface area contributed by atoms with Gasteiger partial charge in [0.05, 0.1) is 20.6 Å². The molecule has 0 unspecified atom stereocenters. The second-order valence-electron chi connectivity index (χ2n) is 6.45. The molecule has 3 nitrogen and oxygen atoms in total. The summed E-state index contributed by atoms with van der Waals surface area (Å²) in [5.74, 6) is 0.659. The fourth-order valence-electron chi connectivity index (χ4n) is 3.16. The average molecular weight is 418 g/mol. The van der Waals surface area contributed by atoms with Crippen LogP contribution in [-0.2, 0) is 19.4 Å². The van der Waals surface area contributed by atoms with E-state index in [2.05, 4.69) is 17.4 Å². The minimum absolute atomic E-state index is 0.215. The molecule has 1 aliphatic carbocycles. The zero-order chi connectivity index (χ0) is 18.8. The molecule has 3 aromatic rings. The van der Waals surface area contributed by atoms with E-state index in [1.165, 1.54) is 28.9 Å². The highest BCUT2D eigenvalue weighted by Crippen LogP contribution is 2.30. The minimum atomic E-state index is -0.215. The lowest BCUT2D eigenvalue weighted by Crippen LogP contribution is -2.10. The molecule has 1 heterocycles. The third-order valence-corrected chi connectivity index (χ3v) is 6.35. The van der Waals surface area contributed by atoms with Crippen molar-refractivity contribution in [1.82, 2.24) is 0 Å². The molecule has 0 aliphatic heterocycles. The zero-order valence-electron chi connectivity index (χ0n) is 14.4. The molecule has 0 spiro atoms. The molecule has 0 atom stereocenters. The summed E-state index contributed by atoms with van der Waals surface area (Å²) in [7, 11) is 0. The maximum atomic E-state index is 12.4. The number of carbonyl (C=O) groups is 1. The highest BCUT2D eigenvalue weighted by Gasteiger charge is 2.14. The first-order valence-corrected chi connectivity index (χ1v) is 10.3. The second-order valence-corrected chi connectivity index (χ2v) is 8.14. The normalized spacial score (nSPS) is 12.7. The number of amides is 1. The van der Waals surface area contributed by atoms with Crippen molar-refractivity contribution < 1.29 is 9.53 Å². The summed E-state index contributed by atoms with van der Waals surface area (Å²) in [6.07, 6.45) is 3.51. The van der Waals surface area contributed by atoms with Gasteiger partial charge in [0.2, 0.25) is 0 Å². The number of carbonyl (C=O) groups excluding carboxylic acids is 1. The number of anilines is 1. The number of halogens is 2. The first-order chi connectivity index (χ1) is 13.1. The highest BCUT2D eigenvalue weighted by molar-refractivity contribution is 7.12. The van der Waals surface area contributed by atoms with Crippen molar-refractivity contribution in [1.29, 1.82) is 0 Å². The summed E-state index contributed by atoms with van der Waals surface area (Å²) in [6.45, 7) is 0.431. The Kier molecular flexibility index (Phi) is 5.39. The number of benzene rings is 2. The van der Waals surface area contributed by atoms with Crippen LogP contribution in [0.2, 0.25) is 10.0 Å². The van der Waals surface area contributed by atoms with Crippen LogP contribution >= 0.6 is 34.5 Å². The van der Waals surface area contributed by atoms with E-state index < -0.39 is 0 Å². The van der Waals surface area contributed by atoms with Crippen molar-refractivity contribution in [2.24, 2.45) is 0 Å². The lowest BCUT2D eigenvalue weighted by atomic mass is 10.1. The Morgan fingerprint density at radius 3 is 2.85 bits per heavy atom. The summed E-state index contributed by atoms with van der Waals surface area (Å²) in [4.78, 5) is 13.0. The molecule has 1 N–H and O–H groups in total. The largest absolute Gasteiger partial charge is 0.489 e. The SMILES string of the molecule is O=C(Nc1cccc(Cl)c1Cl)c1cc(COc2ccc3c(c2)CCC3)cs1. The molecular formula is C21H17Cl2NO2S. The van der Waals surface area contributed by atoms with E-state index in [0.717, 1.165) is 24.2 Å². The standard InChI is InChI=1S/C21H17Cl2NO2S/c22-17-5-2-6-18(20(17)23)24-21(25)19-9-13(12-27-19)11-26-16-8-7-14-3-1-4-15(14)10-16/h2,5-10,12H,1,3-4,11H2,(H,24,25). The molecule has 4 rings (SSSR count). The van der Waals surface area contributed by atoms with E-state index in [9.17, 15) is 4.79 Å². The van der Waals surface area contributed by atoms with E-state index in [1.54, 1.807) is 18.2 Å². The molecule has 0 fully saturated rings. The van der Waals surface area contributed by atoms with Gasteiger partial charge in [0.25, 0.3) is 5.91 Å². The van der Waals surface area contributed by atoms with Crippen molar-refractivity contribution in [3.8, 4) is 5.75 Å². The van der Waals surface area contributed by atoms with Gasteiger partial charge in [-0.25, -0.2) is 0 Å². The predicted octanol–water partition coefficient (Wildman–Crippen LogP) is 6.37. The number of fused-ring (bicyclic) bond motifs is 1. The smallest absolute Gasteiger partial charge is 0.265 e. The first-order valence-electron chi connectivity index (χ1n) is 8.67.